The van der Waals surface area contributed by atoms with E-state index in [1.165, 1.54) is 0 Å². The number of imidazole rings is 1. The third kappa shape index (κ3) is 2.36. The van der Waals surface area contributed by atoms with E-state index in [1.807, 2.05) is 0 Å². The van der Waals surface area contributed by atoms with Gasteiger partial charge in [-0.2, -0.15) is 22.0 Å². The summed E-state index contributed by atoms with van der Waals surface area (Å²) in [6.45, 7) is -0.745. The summed E-state index contributed by atoms with van der Waals surface area (Å²) >= 11 is 0. The van der Waals surface area contributed by atoms with Crippen molar-refractivity contribution in [1.82, 2.24) is 4.98 Å². The number of halogens is 7. The highest BCUT2D eigenvalue weighted by atomic mass is 19.4. The second-order valence-corrected chi connectivity index (χ2v) is 3.81. The zero-order valence-corrected chi connectivity index (χ0v) is 9.08. The maximum absolute atomic E-state index is 13.4. The molecule has 2 rings (SSSR count). The highest BCUT2D eigenvalue weighted by Gasteiger charge is 2.32. The van der Waals surface area contributed by atoms with E-state index in [9.17, 15) is 30.7 Å². The van der Waals surface area contributed by atoms with Crippen molar-refractivity contribution in [1.29, 1.82) is 0 Å². The Labute approximate surface area is 101 Å². The Bertz CT molecular complexity index is 629. The van der Waals surface area contributed by atoms with Crippen LogP contribution in [0.3, 0.4) is 0 Å². The molecule has 2 nitrogen and oxygen atoms in total. The summed E-state index contributed by atoms with van der Waals surface area (Å²) in [7, 11) is 0. The number of hydrogen-bond acceptors (Lipinski definition) is 0. The predicted octanol–water partition coefficient (Wildman–Crippen LogP) is 2.96. The topological polar surface area (TPSA) is 19.7 Å². The molecule has 0 bridgehead atoms. The van der Waals surface area contributed by atoms with Crippen molar-refractivity contribution < 1.29 is 35.3 Å². The Morgan fingerprint density at radius 1 is 0.947 bits per heavy atom. The second-order valence-electron chi connectivity index (χ2n) is 3.81. The number of aryl methyl sites for hydroxylation is 1. The van der Waals surface area contributed by atoms with Crippen LogP contribution in [0.5, 0.6) is 0 Å². The van der Waals surface area contributed by atoms with Gasteiger partial charge in [0.25, 0.3) is 0 Å². The number of fused-ring (bicyclic) bond motifs is 1. The normalized spacial score (nSPS) is 12.4. The summed E-state index contributed by atoms with van der Waals surface area (Å²) in [4.78, 5) is 2.08. The van der Waals surface area contributed by atoms with E-state index in [0.717, 1.165) is 6.33 Å². The van der Waals surface area contributed by atoms with Gasteiger partial charge < -0.3 is 0 Å². The number of alkyl halides is 3. The van der Waals surface area contributed by atoms with E-state index in [-0.39, 0.29) is 0 Å². The fraction of sp³-hybridized carbons (Fsp3) is 0.300. The van der Waals surface area contributed by atoms with E-state index >= 15 is 0 Å². The van der Waals surface area contributed by atoms with Gasteiger partial charge in [0.05, 0.1) is 13.0 Å². The first kappa shape index (κ1) is 13.6. The molecule has 104 valence electrons. The van der Waals surface area contributed by atoms with E-state index in [4.69, 9.17) is 0 Å². The van der Waals surface area contributed by atoms with Gasteiger partial charge in [0.15, 0.2) is 0 Å². The van der Waals surface area contributed by atoms with Gasteiger partial charge in [-0.1, -0.05) is 0 Å². The van der Waals surface area contributed by atoms with Crippen molar-refractivity contribution in [3.63, 3.8) is 0 Å². The van der Waals surface area contributed by atoms with Crippen LogP contribution in [0.4, 0.5) is 30.7 Å². The lowest BCUT2D eigenvalue weighted by Gasteiger charge is -2.04. The fourth-order valence-electron chi connectivity index (χ4n) is 1.65. The second kappa shape index (κ2) is 4.39. The van der Waals surface area contributed by atoms with Gasteiger partial charge in [0, 0.05) is 0 Å². The number of nitrogens with zero attached hydrogens (tertiary/aromatic N) is 1. The van der Waals surface area contributed by atoms with Gasteiger partial charge in [0.2, 0.25) is 40.6 Å². The molecule has 19 heavy (non-hydrogen) atoms. The lowest BCUT2D eigenvalue weighted by Crippen LogP contribution is -2.35. The number of aromatic amines is 1. The van der Waals surface area contributed by atoms with Crippen molar-refractivity contribution in [2.45, 2.75) is 19.1 Å². The van der Waals surface area contributed by atoms with Crippen LogP contribution in [0, 0.1) is 23.3 Å². The first-order chi connectivity index (χ1) is 8.72. The predicted molar refractivity (Wildman–Crippen MR) is 49.0 cm³/mol. The minimum atomic E-state index is -4.51. The molecule has 1 aromatic carbocycles. The van der Waals surface area contributed by atoms with E-state index in [0.29, 0.717) is 4.57 Å². The summed E-state index contributed by atoms with van der Waals surface area (Å²) in [5.74, 6) is -7.50. The third-order valence-electron chi connectivity index (χ3n) is 2.53. The average Bonchev–Trinajstić information content (AvgIpc) is 2.74. The monoisotopic (exact) mass is 287 g/mol. The van der Waals surface area contributed by atoms with Crippen LogP contribution in [-0.4, -0.2) is 11.2 Å². The molecule has 0 unspecified atom stereocenters. The van der Waals surface area contributed by atoms with Crippen LogP contribution in [0.1, 0.15) is 6.42 Å². The molecule has 0 radical (unpaired) electrons. The summed E-state index contributed by atoms with van der Waals surface area (Å²) in [5.41, 5.74) is -1.50. The zero-order valence-electron chi connectivity index (χ0n) is 9.08. The molecule has 0 atom stereocenters. The van der Waals surface area contributed by atoms with Crippen molar-refractivity contribution in [2.24, 2.45) is 0 Å². The van der Waals surface area contributed by atoms with Crippen LogP contribution >= 0.6 is 0 Å². The van der Waals surface area contributed by atoms with E-state index in [2.05, 4.69) is 4.98 Å². The minimum absolute atomic E-state index is 0.643. The zero-order chi connectivity index (χ0) is 14.4. The molecule has 0 spiro atoms. The average molecular weight is 287 g/mol. The maximum atomic E-state index is 13.4. The molecular formula is C10H6F7N2+. The molecule has 0 aliphatic rings. The number of H-pyrrole nitrogens is 1. The van der Waals surface area contributed by atoms with Crippen LogP contribution in [0.15, 0.2) is 6.33 Å². The van der Waals surface area contributed by atoms with Gasteiger partial charge in [-0.3, -0.25) is 0 Å². The van der Waals surface area contributed by atoms with Crippen molar-refractivity contribution in [3.8, 4) is 0 Å². The van der Waals surface area contributed by atoms with Crippen molar-refractivity contribution >= 4 is 11.0 Å². The maximum Gasteiger partial charge on any atom is 0.392 e. The summed E-state index contributed by atoms with van der Waals surface area (Å²) in [6.07, 6.45) is -5.00. The first-order valence-corrected chi connectivity index (χ1v) is 5.01. The Balaban J connectivity index is 2.54. The third-order valence-corrected chi connectivity index (χ3v) is 2.53. The van der Waals surface area contributed by atoms with Crippen LogP contribution < -0.4 is 4.57 Å². The highest BCUT2D eigenvalue weighted by Crippen LogP contribution is 2.24. The molecule has 1 heterocycles. The van der Waals surface area contributed by atoms with Crippen LogP contribution in [0.25, 0.3) is 11.0 Å². The minimum Gasteiger partial charge on any atom is -0.241 e. The largest absolute Gasteiger partial charge is 0.392 e. The van der Waals surface area contributed by atoms with Gasteiger partial charge in [-0.15, -0.1) is 0 Å². The molecule has 0 aliphatic heterocycles. The number of aromatic nitrogens is 2. The van der Waals surface area contributed by atoms with Crippen molar-refractivity contribution in [2.75, 3.05) is 0 Å². The lowest BCUT2D eigenvalue weighted by atomic mass is 10.2. The highest BCUT2D eigenvalue weighted by molar-refractivity contribution is 5.72. The molecule has 0 saturated heterocycles. The standard InChI is InChI=1S/C10H5F7N2/c11-4-5(12)7(14)9-8(6(4)13)18-3-19(9)2-1-10(15,16)17/h3H,1-2H2/p+1. The van der Waals surface area contributed by atoms with Crippen LogP contribution in [-0.2, 0) is 6.54 Å². The molecule has 0 saturated carbocycles. The van der Waals surface area contributed by atoms with Crippen LogP contribution in [0.2, 0.25) is 0 Å². The smallest absolute Gasteiger partial charge is 0.241 e. The number of nitrogens with one attached hydrogen (secondary N) is 1. The molecule has 9 heteroatoms. The Morgan fingerprint density at radius 2 is 1.53 bits per heavy atom. The van der Waals surface area contributed by atoms with Gasteiger partial charge >= 0.3 is 6.18 Å². The first-order valence-electron chi connectivity index (χ1n) is 5.01. The molecular weight excluding hydrogens is 281 g/mol. The lowest BCUT2D eigenvalue weighted by molar-refractivity contribution is -0.675. The molecule has 1 aromatic heterocycles. The Kier molecular flexibility index (Phi) is 3.15. The molecule has 2 aromatic rings. The van der Waals surface area contributed by atoms with Crippen molar-refractivity contribution in [3.05, 3.63) is 29.6 Å². The quantitative estimate of drug-likeness (QED) is 0.379. The number of rotatable bonds is 2. The molecule has 0 fully saturated rings. The van der Waals surface area contributed by atoms with Gasteiger partial charge in [-0.05, 0) is 0 Å². The summed E-state index contributed by atoms with van der Waals surface area (Å²) in [6, 6.07) is 0. The SMILES string of the molecule is Fc1c(F)c(F)c2c([nH]c[n+]2CCC(F)(F)F)c1F. The number of hydrogen-bond donors (Lipinski definition) is 1. The molecule has 1 N–H and O–H groups in total. The Hall–Kier alpha value is -1.80. The van der Waals surface area contributed by atoms with E-state index < -0.39 is 53.4 Å². The Morgan fingerprint density at radius 3 is 2.11 bits per heavy atom. The van der Waals surface area contributed by atoms with E-state index in [1.54, 1.807) is 0 Å². The van der Waals surface area contributed by atoms with Gasteiger partial charge in [-0.25, -0.2) is 18.3 Å². The summed E-state index contributed by atoms with van der Waals surface area (Å²) < 4.78 is 89.4. The van der Waals surface area contributed by atoms with Gasteiger partial charge in [0.1, 0.15) is 0 Å². The molecule has 0 amide bonds. The number of benzene rings is 1. The fourth-order valence-corrected chi connectivity index (χ4v) is 1.65. The summed E-state index contributed by atoms with van der Waals surface area (Å²) in [5, 5.41) is 0. The molecule has 0 aliphatic carbocycles.